The molecule has 4 atom stereocenters. The number of carbonyl (C=O) groups is 3. The lowest BCUT2D eigenvalue weighted by molar-refractivity contribution is -0.142. The number of nitrogens with zero attached hydrogens (tertiary/aromatic N) is 3. The first kappa shape index (κ1) is 37.0. The van der Waals surface area contributed by atoms with Gasteiger partial charge in [0, 0.05) is 50.3 Å². The molecule has 11 heteroatoms. The first-order valence-corrected chi connectivity index (χ1v) is 18.2. The minimum Gasteiger partial charge on any atom is -0.480 e. The van der Waals surface area contributed by atoms with Crippen molar-refractivity contribution in [1.82, 2.24) is 14.5 Å². The number of hydrogen-bond acceptors (Lipinski definition) is 7. The molecule has 1 N–H and O–H groups in total. The van der Waals surface area contributed by atoms with Crippen LogP contribution < -0.4 is 0 Å². The minimum atomic E-state index is -3.42. The summed E-state index contributed by atoms with van der Waals surface area (Å²) in [5, 5.41) is 9.65. The van der Waals surface area contributed by atoms with E-state index in [1.54, 1.807) is 41.5 Å². The fourth-order valence-corrected chi connectivity index (χ4v) is 12.4. The summed E-state index contributed by atoms with van der Waals surface area (Å²) in [6, 6.07) is 9.94. The maximum atomic E-state index is 15.4. The quantitative estimate of drug-likeness (QED) is 0.195. The molecule has 0 radical (unpaired) electrons. The van der Waals surface area contributed by atoms with Crippen LogP contribution in [-0.2, 0) is 25.4 Å². The second kappa shape index (κ2) is 14.1. The smallest absolute Gasteiger partial charge is 0.419 e. The van der Waals surface area contributed by atoms with Crippen molar-refractivity contribution in [2.24, 2.45) is 11.8 Å². The molecule has 3 rings (SSSR count). The minimum absolute atomic E-state index is 0.00384. The van der Waals surface area contributed by atoms with Crippen molar-refractivity contribution in [2.45, 2.75) is 123 Å². The second-order valence-electron chi connectivity index (χ2n) is 15.3. The Hall–Kier alpha value is -2.42. The van der Waals surface area contributed by atoms with E-state index in [0.29, 0.717) is 38.6 Å². The third-order valence-electron chi connectivity index (χ3n) is 8.70. The number of benzene rings is 1. The maximum absolute atomic E-state index is 15.4. The van der Waals surface area contributed by atoms with Crippen LogP contribution in [0.2, 0.25) is 0 Å². The monoisotopic (exact) mass is 649 g/mol. The number of amides is 2. The molecule has 4 unspecified atom stereocenters. The number of aliphatic carboxylic acids is 1. The van der Waals surface area contributed by atoms with Crippen molar-refractivity contribution >= 4 is 25.4 Å². The van der Waals surface area contributed by atoms with E-state index in [1.165, 1.54) is 0 Å². The van der Waals surface area contributed by atoms with E-state index in [0.717, 1.165) is 10.5 Å². The largest absolute Gasteiger partial charge is 0.480 e. The van der Waals surface area contributed by atoms with Crippen molar-refractivity contribution in [2.75, 3.05) is 25.8 Å². The first-order chi connectivity index (χ1) is 20.7. The van der Waals surface area contributed by atoms with Crippen LogP contribution in [0.15, 0.2) is 30.3 Å². The molecule has 0 aromatic heterocycles. The molecule has 10 nitrogen and oxygen atoms in total. The highest BCUT2D eigenvalue weighted by Gasteiger charge is 2.70. The molecule has 45 heavy (non-hydrogen) atoms. The summed E-state index contributed by atoms with van der Waals surface area (Å²) in [5.74, 6) is -1.30. The van der Waals surface area contributed by atoms with E-state index >= 15 is 4.57 Å². The highest BCUT2D eigenvalue weighted by atomic mass is 31.2. The molecule has 2 aliphatic heterocycles. The fraction of sp³-hybridized carbons (Fsp3) is 0.735. The number of hydrogen-bond donors (Lipinski definition) is 1. The van der Waals surface area contributed by atoms with Crippen molar-refractivity contribution in [3.05, 3.63) is 35.9 Å². The van der Waals surface area contributed by atoms with Gasteiger partial charge in [-0.2, -0.15) is 0 Å². The highest BCUT2D eigenvalue weighted by molar-refractivity contribution is 7.64. The zero-order chi connectivity index (χ0) is 34.0. The number of rotatable bonds is 11. The molecule has 254 valence electrons. The Morgan fingerprint density at radius 1 is 0.933 bits per heavy atom. The van der Waals surface area contributed by atoms with E-state index in [1.807, 2.05) is 50.6 Å². The van der Waals surface area contributed by atoms with Gasteiger partial charge < -0.3 is 19.1 Å². The van der Waals surface area contributed by atoms with Gasteiger partial charge in [0.15, 0.2) is 7.29 Å². The number of likely N-dealkylation sites (tertiary alicyclic amines) is 1. The van der Waals surface area contributed by atoms with E-state index < -0.39 is 41.8 Å². The van der Waals surface area contributed by atoms with Crippen molar-refractivity contribution in [3.8, 4) is 0 Å². The van der Waals surface area contributed by atoms with Crippen LogP contribution in [0.25, 0.3) is 0 Å². The van der Waals surface area contributed by atoms with Crippen LogP contribution in [0.4, 0.5) is 9.59 Å². The summed E-state index contributed by atoms with van der Waals surface area (Å²) in [4.78, 5) is 42.9. The zero-order valence-electron chi connectivity index (χ0n) is 29.0. The lowest BCUT2D eigenvalue weighted by Crippen LogP contribution is -2.50. The van der Waals surface area contributed by atoms with E-state index in [9.17, 15) is 19.5 Å². The molecule has 1 aromatic rings. The fourth-order valence-electron chi connectivity index (χ4n) is 7.37. The molecule has 2 saturated heterocycles. The van der Waals surface area contributed by atoms with Crippen molar-refractivity contribution in [3.63, 3.8) is 0 Å². The lowest BCUT2D eigenvalue weighted by atomic mass is 9.81. The molecule has 0 aliphatic carbocycles. The van der Waals surface area contributed by atoms with Gasteiger partial charge in [0.25, 0.3) is 0 Å². The third-order valence-corrected chi connectivity index (χ3v) is 13.3. The summed E-state index contributed by atoms with van der Waals surface area (Å²) in [5.41, 5.74) is -0.472. The summed E-state index contributed by atoms with van der Waals surface area (Å²) >= 11 is 0. The molecule has 0 spiro atoms. The Morgan fingerprint density at radius 3 is 1.93 bits per heavy atom. The number of carboxylic acids is 1. The zero-order valence-corrected chi connectivity index (χ0v) is 29.9. The number of fused-ring (bicyclic) bond motifs is 1. The molecule has 2 aliphatic rings. The molecular formula is C34H56N3O7P. The average Bonchev–Trinajstić information content (AvgIpc) is 3.34. The Balaban J connectivity index is 1.90. The van der Waals surface area contributed by atoms with Crippen LogP contribution >= 0.6 is 7.29 Å². The molecule has 2 heterocycles. The number of carboxylic acid groups (broad SMARTS) is 1. The summed E-state index contributed by atoms with van der Waals surface area (Å²) in [6.45, 7) is 20.3. The number of ether oxygens (including phenoxy) is 2. The predicted octanol–water partition coefficient (Wildman–Crippen LogP) is 7.31. The van der Waals surface area contributed by atoms with Crippen LogP contribution in [0.3, 0.4) is 0 Å². The van der Waals surface area contributed by atoms with Gasteiger partial charge in [0.05, 0.1) is 0 Å². The van der Waals surface area contributed by atoms with Gasteiger partial charge in [0.2, 0.25) is 0 Å². The van der Waals surface area contributed by atoms with Crippen LogP contribution in [-0.4, -0.2) is 92.0 Å². The summed E-state index contributed by atoms with van der Waals surface area (Å²) < 4.78 is 28.4. The molecule has 0 bridgehead atoms. The van der Waals surface area contributed by atoms with Crippen LogP contribution in [0.1, 0.15) is 94.1 Å². The van der Waals surface area contributed by atoms with Crippen molar-refractivity contribution < 1.29 is 33.5 Å². The van der Waals surface area contributed by atoms with Gasteiger partial charge in [-0.25, -0.2) is 19.2 Å². The Labute approximate surface area is 270 Å². The molecule has 2 fully saturated rings. The standard InChI is InChI=1S/C34H56N3O7P/c1-24(2)37(25(3)4)45(42)23-27-21-35(20-26-16-12-11-13-17-26)22-28(27)34(45,29(38)39)18-14-15-19-36(30(40)43-32(5,6)7)31(41)44-33(8,9)10/h11-13,16-17,24-25,27-28H,14-15,18-23H2,1-10H3,(H,38,39). The summed E-state index contributed by atoms with van der Waals surface area (Å²) in [7, 11) is -3.42. The Morgan fingerprint density at radius 2 is 1.47 bits per heavy atom. The molecule has 2 amide bonds. The average molecular weight is 650 g/mol. The van der Waals surface area contributed by atoms with E-state index in [4.69, 9.17) is 9.47 Å². The third kappa shape index (κ3) is 8.49. The topological polar surface area (TPSA) is 117 Å². The van der Waals surface area contributed by atoms with E-state index in [2.05, 4.69) is 17.0 Å². The van der Waals surface area contributed by atoms with Crippen molar-refractivity contribution in [1.29, 1.82) is 0 Å². The SMILES string of the molecule is CC(C)N(C(C)C)P1(=O)CC2CN(Cc3ccccc3)CC2C1(CCCCN(C(=O)OC(C)(C)C)C(=O)OC(C)(C)C)C(=O)O. The normalized spacial score (nSPS) is 25.5. The van der Waals surface area contributed by atoms with Gasteiger partial charge in [-0.05, 0) is 100.0 Å². The number of carbonyl (C=O) groups excluding carboxylic acids is 2. The summed E-state index contributed by atoms with van der Waals surface area (Å²) in [6.07, 6.45) is -0.379. The Kier molecular flexibility index (Phi) is 11.6. The van der Waals surface area contributed by atoms with Gasteiger partial charge in [-0.1, -0.05) is 30.3 Å². The first-order valence-electron chi connectivity index (χ1n) is 16.3. The maximum Gasteiger partial charge on any atom is 0.419 e. The molecule has 0 saturated carbocycles. The second-order valence-corrected chi connectivity index (χ2v) is 18.3. The van der Waals surface area contributed by atoms with Gasteiger partial charge in [-0.15, -0.1) is 0 Å². The molecular weight excluding hydrogens is 593 g/mol. The van der Waals surface area contributed by atoms with E-state index in [-0.39, 0.29) is 36.9 Å². The molecule has 1 aromatic carbocycles. The highest BCUT2D eigenvalue weighted by Crippen LogP contribution is 2.74. The van der Waals surface area contributed by atoms with Gasteiger partial charge >= 0.3 is 18.2 Å². The Bertz CT molecular complexity index is 1200. The predicted molar refractivity (Wildman–Crippen MR) is 177 cm³/mol. The van der Waals surface area contributed by atoms with Gasteiger partial charge in [0.1, 0.15) is 16.4 Å². The van der Waals surface area contributed by atoms with Crippen LogP contribution in [0.5, 0.6) is 0 Å². The lowest BCUT2D eigenvalue weighted by Gasteiger charge is -2.45. The van der Waals surface area contributed by atoms with Crippen LogP contribution in [0, 0.1) is 11.8 Å². The number of unbranched alkanes of at least 4 members (excludes halogenated alkanes) is 1. The van der Waals surface area contributed by atoms with Gasteiger partial charge in [-0.3, -0.25) is 9.69 Å². The number of imide groups is 1.